The first-order chi connectivity index (χ1) is 15.0. The third kappa shape index (κ3) is 6.00. The van der Waals surface area contributed by atoms with Crippen molar-refractivity contribution in [1.82, 2.24) is 9.97 Å². The standard InChI is InChI=1S/C27H32N2O2/c1-4-6-7-8-21-17-28-26(29-18-21)23-13-14-24(27(30)31)25(16-23)22-11-9-20(10-12-22)15-19(3)5-2/h9-14,16-19H,4-8,15H2,1-3H3,(H,30,31). The molecule has 1 unspecified atom stereocenters. The Kier molecular flexibility index (Phi) is 7.94. The minimum atomic E-state index is -0.933. The molecule has 1 N–H and O–H groups in total. The molecule has 1 atom stereocenters. The Morgan fingerprint density at radius 3 is 2.23 bits per heavy atom. The molecular weight excluding hydrogens is 384 g/mol. The topological polar surface area (TPSA) is 63.1 Å². The maximum Gasteiger partial charge on any atom is 0.336 e. The minimum absolute atomic E-state index is 0.287. The van der Waals surface area contributed by atoms with Crippen molar-refractivity contribution in [3.63, 3.8) is 0 Å². The number of carbonyl (C=O) groups is 1. The Morgan fingerprint density at radius 1 is 0.935 bits per heavy atom. The van der Waals surface area contributed by atoms with Crippen molar-refractivity contribution in [3.8, 4) is 22.5 Å². The number of aromatic nitrogens is 2. The number of carboxylic acid groups (broad SMARTS) is 1. The summed E-state index contributed by atoms with van der Waals surface area (Å²) >= 11 is 0. The van der Waals surface area contributed by atoms with Crippen LogP contribution in [0.1, 0.15) is 67.9 Å². The highest BCUT2D eigenvalue weighted by atomic mass is 16.4. The Balaban J connectivity index is 1.88. The molecule has 4 heteroatoms. The number of rotatable bonds is 10. The van der Waals surface area contributed by atoms with Gasteiger partial charge in [0.1, 0.15) is 0 Å². The molecule has 0 saturated carbocycles. The number of nitrogens with zero attached hydrogens (tertiary/aromatic N) is 2. The molecule has 0 aliphatic heterocycles. The van der Waals surface area contributed by atoms with Crippen LogP contribution in [0.4, 0.5) is 0 Å². The number of benzene rings is 2. The Labute approximate surface area is 185 Å². The van der Waals surface area contributed by atoms with Crippen LogP contribution in [0.5, 0.6) is 0 Å². The molecule has 0 aliphatic carbocycles. The van der Waals surface area contributed by atoms with E-state index in [9.17, 15) is 9.90 Å². The van der Waals surface area contributed by atoms with Crippen molar-refractivity contribution in [2.45, 2.75) is 59.3 Å². The van der Waals surface area contributed by atoms with E-state index in [1.807, 2.05) is 30.6 Å². The van der Waals surface area contributed by atoms with Gasteiger partial charge in [-0.25, -0.2) is 14.8 Å². The number of unbranched alkanes of at least 4 members (excludes halogenated alkanes) is 2. The zero-order valence-electron chi connectivity index (χ0n) is 18.8. The molecule has 1 heterocycles. The largest absolute Gasteiger partial charge is 0.478 e. The lowest BCUT2D eigenvalue weighted by Crippen LogP contribution is -2.01. The fraction of sp³-hybridized carbons (Fsp3) is 0.370. The van der Waals surface area contributed by atoms with E-state index in [-0.39, 0.29) is 5.56 Å². The van der Waals surface area contributed by atoms with Crippen LogP contribution < -0.4 is 0 Å². The van der Waals surface area contributed by atoms with Crippen molar-refractivity contribution < 1.29 is 9.90 Å². The van der Waals surface area contributed by atoms with Crippen LogP contribution in [0, 0.1) is 5.92 Å². The van der Waals surface area contributed by atoms with Gasteiger partial charge in [0.05, 0.1) is 5.56 Å². The molecule has 3 rings (SSSR count). The van der Waals surface area contributed by atoms with Crippen molar-refractivity contribution in [2.24, 2.45) is 5.92 Å². The van der Waals surface area contributed by atoms with Gasteiger partial charge < -0.3 is 5.11 Å². The second-order valence-electron chi connectivity index (χ2n) is 8.35. The van der Waals surface area contributed by atoms with E-state index in [1.54, 1.807) is 12.1 Å². The van der Waals surface area contributed by atoms with Crippen LogP contribution in [0.2, 0.25) is 0 Å². The third-order valence-corrected chi connectivity index (χ3v) is 5.83. The molecule has 2 aromatic carbocycles. The molecule has 31 heavy (non-hydrogen) atoms. The third-order valence-electron chi connectivity index (χ3n) is 5.83. The fourth-order valence-electron chi connectivity index (χ4n) is 3.69. The van der Waals surface area contributed by atoms with E-state index in [2.05, 4.69) is 42.9 Å². The molecule has 0 bridgehead atoms. The molecule has 0 amide bonds. The van der Waals surface area contributed by atoms with Crippen LogP contribution in [0.3, 0.4) is 0 Å². The van der Waals surface area contributed by atoms with Crippen molar-refractivity contribution in [1.29, 1.82) is 0 Å². The van der Waals surface area contributed by atoms with Crippen LogP contribution in [-0.4, -0.2) is 21.0 Å². The number of aryl methyl sites for hydroxylation is 1. The SMILES string of the molecule is CCCCCc1cnc(-c2ccc(C(=O)O)c(-c3ccc(CC(C)CC)cc3)c2)nc1. The summed E-state index contributed by atoms with van der Waals surface area (Å²) in [5.74, 6) is 0.314. The first kappa shape index (κ1) is 22.7. The molecule has 3 aromatic rings. The van der Waals surface area contributed by atoms with Crippen LogP contribution in [0.15, 0.2) is 54.9 Å². The van der Waals surface area contributed by atoms with Gasteiger partial charge in [-0.2, -0.15) is 0 Å². The molecule has 1 aromatic heterocycles. The summed E-state index contributed by atoms with van der Waals surface area (Å²) in [6.45, 7) is 6.63. The Hall–Kier alpha value is -3.01. The highest BCUT2D eigenvalue weighted by Crippen LogP contribution is 2.29. The Morgan fingerprint density at radius 2 is 1.61 bits per heavy atom. The normalized spacial score (nSPS) is 12.0. The smallest absolute Gasteiger partial charge is 0.336 e. The van der Waals surface area contributed by atoms with Crippen LogP contribution >= 0.6 is 0 Å². The molecule has 0 aliphatic rings. The second-order valence-corrected chi connectivity index (χ2v) is 8.35. The first-order valence-electron chi connectivity index (χ1n) is 11.3. The van der Waals surface area contributed by atoms with Gasteiger partial charge in [-0.3, -0.25) is 0 Å². The average Bonchev–Trinajstić information content (AvgIpc) is 2.79. The quantitative estimate of drug-likeness (QED) is 0.368. The Bertz CT molecular complexity index is 995. The van der Waals surface area contributed by atoms with E-state index in [4.69, 9.17) is 0 Å². The van der Waals surface area contributed by atoms with Crippen LogP contribution in [0.25, 0.3) is 22.5 Å². The summed E-state index contributed by atoms with van der Waals surface area (Å²) in [5.41, 5.74) is 5.10. The summed E-state index contributed by atoms with van der Waals surface area (Å²) in [6.07, 6.45) is 10.5. The van der Waals surface area contributed by atoms with Gasteiger partial charge in [0, 0.05) is 18.0 Å². The summed E-state index contributed by atoms with van der Waals surface area (Å²) in [4.78, 5) is 20.9. The van der Waals surface area contributed by atoms with E-state index in [0.29, 0.717) is 17.3 Å². The zero-order chi connectivity index (χ0) is 22.2. The van der Waals surface area contributed by atoms with Gasteiger partial charge in [0.15, 0.2) is 5.82 Å². The van der Waals surface area contributed by atoms with E-state index in [0.717, 1.165) is 42.4 Å². The van der Waals surface area contributed by atoms with Crippen molar-refractivity contribution in [2.75, 3.05) is 0 Å². The molecule has 4 nitrogen and oxygen atoms in total. The number of aromatic carboxylic acids is 1. The van der Waals surface area contributed by atoms with Gasteiger partial charge >= 0.3 is 5.97 Å². The summed E-state index contributed by atoms with van der Waals surface area (Å²) in [5, 5.41) is 9.70. The first-order valence-corrected chi connectivity index (χ1v) is 11.3. The van der Waals surface area contributed by atoms with E-state index in [1.165, 1.54) is 18.4 Å². The summed E-state index contributed by atoms with van der Waals surface area (Å²) < 4.78 is 0. The van der Waals surface area contributed by atoms with Gasteiger partial charge in [0.25, 0.3) is 0 Å². The number of hydrogen-bond acceptors (Lipinski definition) is 3. The molecule has 162 valence electrons. The molecule has 0 fully saturated rings. The monoisotopic (exact) mass is 416 g/mol. The molecular formula is C27H32N2O2. The highest BCUT2D eigenvalue weighted by Gasteiger charge is 2.14. The van der Waals surface area contributed by atoms with Crippen molar-refractivity contribution >= 4 is 5.97 Å². The maximum atomic E-state index is 11.8. The van der Waals surface area contributed by atoms with Gasteiger partial charge in [-0.15, -0.1) is 0 Å². The maximum absolute atomic E-state index is 11.8. The fourth-order valence-corrected chi connectivity index (χ4v) is 3.69. The summed E-state index contributed by atoms with van der Waals surface area (Å²) in [7, 11) is 0. The van der Waals surface area contributed by atoms with Gasteiger partial charge in [-0.1, -0.05) is 70.4 Å². The second kappa shape index (κ2) is 10.9. The predicted octanol–water partition coefficient (Wildman–Crippen LogP) is 6.83. The van der Waals surface area contributed by atoms with Crippen molar-refractivity contribution in [3.05, 3.63) is 71.5 Å². The molecule has 0 radical (unpaired) electrons. The van der Waals surface area contributed by atoms with E-state index < -0.39 is 5.97 Å². The predicted molar refractivity (Wildman–Crippen MR) is 126 cm³/mol. The number of hydrogen-bond donors (Lipinski definition) is 1. The number of carboxylic acids is 1. The minimum Gasteiger partial charge on any atom is -0.478 e. The highest BCUT2D eigenvalue weighted by molar-refractivity contribution is 5.97. The molecule has 0 saturated heterocycles. The summed E-state index contributed by atoms with van der Waals surface area (Å²) in [6, 6.07) is 13.6. The van der Waals surface area contributed by atoms with Gasteiger partial charge in [0.2, 0.25) is 0 Å². The van der Waals surface area contributed by atoms with E-state index >= 15 is 0 Å². The lowest BCUT2D eigenvalue weighted by molar-refractivity contribution is 0.0697. The lowest BCUT2D eigenvalue weighted by Gasteiger charge is -2.12. The molecule has 0 spiro atoms. The zero-order valence-corrected chi connectivity index (χ0v) is 18.8. The lowest BCUT2D eigenvalue weighted by atomic mass is 9.94. The van der Waals surface area contributed by atoms with Gasteiger partial charge in [-0.05, 0) is 59.6 Å². The van der Waals surface area contributed by atoms with Crippen LogP contribution in [-0.2, 0) is 12.8 Å². The average molecular weight is 417 g/mol.